The van der Waals surface area contributed by atoms with Gasteiger partial charge in [-0.3, -0.25) is 4.79 Å². The SMILES string of the molecule is CCCC[C@H](CN)CC(=O)O. The Hall–Kier alpha value is -0.570. The molecular formula is C8H17NO2. The highest BCUT2D eigenvalue weighted by Gasteiger charge is 2.09. The molecule has 0 radical (unpaired) electrons. The summed E-state index contributed by atoms with van der Waals surface area (Å²) in [6, 6.07) is 0. The molecule has 0 aromatic rings. The van der Waals surface area contributed by atoms with E-state index in [1.54, 1.807) is 0 Å². The van der Waals surface area contributed by atoms with Gasteiger partial charge in [0.25, 0.3) is 0 Å². The third-order valence-electron chi connectivity index (χ3n) is 1.76. The van der Waals surface area contributed by atoms with Crippen LogP contribution in [0.5, 0.6) is 0 Å². The van der Waals surface area contributed by atoms with E-state index in [1.807, 2.05) is 0 Å². The van der Waals surface area contributed by atoms with E-state index in [1.165, 1.54) is 0 Å². The van der Waals surface area contributed by atoms with Gasteiger partial charge in [0.1, 0.15) is 0 Å². The number of hydrogen-bond donors (Lipinski definition) is 2. The Bertz CT molecular complexity index is 115. The van der Waals surface area contributed by atoms with Gasteiger partial charge in [-0.05, 0) is 18.9 Å². The summed E-state index contributed by atoms with van der Waals surface area (Å²) in [7, 11) is 0. The molecule has 0 aromatic heterocycles. The van der Waals surface area contributed by atoms with E-state index in [0.717, 1.165) is 19.3 Å². The van der Waals surface area contributed by atoms with Crippen LogP contribution >= 0.6 is 0 Å². The largest absolute Gasteiger partial charge is 0.481 e. The molecule has 3 heteroatoms. The van der Waals surface area contributed by atoms with Crippen molar-refractivity contribution in [3.8, 4) is 0 Å². The number of carbonyl (C=O) groups is 1. The minimum Gasteiger partial charge on any atom is -0.481 e. The zero-order chi connectivity index (χ0) is 8.69. The standard InChI is InChI=1S/C8H17NO2/c1-2-3-4-7(6-9)5-8(10)11/h7H,2-6,9H2,1H3,(H,10,11)/t7-/m0/s1. The molecule has 0 amide bonds. The highest BCUT2D eigenvalue weighted by atomic mass is 16.4. The number of aliphatic carboxylic acids is 1. The van der Waals surface area contributed by atoms with Gasteiger partial charge < -0.3 is 10.8 Å². The molecule has 0 unspecified atom stereocenters. The smallest absolute Gasteiger partial charge is 0.303 e. The fourth-order valence-corrected chi connectivity index (χ4v) is 1.04. The zero-order valence-electron chi connectivity index (χ0n) is 7.05. The van der Waals surface area contributed by atoms with Crippen LogP contribution in [0.15, 0.2) is 0 Å². The van der Waals surface area contributed by atoms with E-state index in [0.29, 0.717) is 6.54 Å². The molecule has 1 atom stereocenters. The maximum absolute atomic E-state index is 10.3. The van der Waals surface area contributed by atoms with Gasteiger partial charge in [-0.2, -0.15) is 0 Å². The first-order chi connectivity index (χ1) is 5.20. The number of nitrogens with two attached hydrogens (primary N) is 1. The molecule has 0 aliphatic heterocycles. The Balaban J connectivity index is 3.49. The molecule has 3 nitrogen and oxygen atoms in total. The topological polar surface area (TPSA) is 63.3 Å². The maximum atomic E-state index is 10.3. The average molecular weight is 159 g/mol. The van der Waals surface area contributed by atoms with Crippen LogP contribution in [-0.4, -0.2) is 17.6 Å². The van der Waals surface area contributed by atoms with Crippen molar-refractivity contribution in [1.29, 1.82) is 0 Å². The van der Waals surface area contributed by atoms with Crippen LogP contribution in [-0.2, 0) is 4.79 Å². The lowest BCUT2D eigenvalue weighted by molar-refractivity contribution is -0.138. The summed E-state index contributed by atoms with van der Waals surface area (Å²) < 4.78 is 0. The van der Waals surface area contributed by atoms with Crippen molar-refractivity contribution in [3.63, 3.8) is 0 Å². The van der Waals surface area contributed by atoms with Crippen molar-refractivity contribution in [3.05, 3.63) is 0 Å². The van der Waals surface area contributed by atoms with Crippen molar-refractivity contribution >= 4 is 5.97 Å². The summed E-state index contributed by atoms with van der Waals surface area (Å²) in [5.74, 6) is -0.566. The predicted octanol–water partition coefficient (Wildman–Crippen LogP) is 1.23. The second-order valence-corrected chi connectivity index (χ2v) is 2.84. The van der Waals surface area contributed by atoms with E-state index in [4.69, 9.17) is 10.8 Å². The van der Waals surface area contributed by atoms with Crippen molar-refractivity contribution in [1.82, 2.24) is 0 Å². The lowest BCUT2D eigenvalue weighted by Crippen LogP contribution is -2.17. The van der Waals surface area contributed by atoms with Crippen LogP contribution in [0.2, 0.25) is 0 Å². The first-order valence-corrected chi connectivity index (χ1v) is 4.12. The van der Waals surface area contributed by atoms with Gasteiger partial charge in [-0.1, -0.05) is 19.8 Å². The number of rotatable bonds is 6. The summed E-state index contributed by atoms with van der Waals surface area (Å²) in [5, 5.41) is 8.46. The molecule has 66 valence electrons. The third-order valence-corrected chi connectivity index (χ3v) is 1.76. The van der Waals surface area contributed by atoms with Gasteiger partial charge in [-0.15, -0.1) is 0 Å². The van der Waals surface area contributed by atoms with E-state index in [9.17, 15) is 4.79 Å². The number of carboxylic acids is 1. The summed E-state index contributed by atoms with van der Waals surface area (Å²) in [6.45, 7) is 2.58. The molecule has 11 heavy (non-hydrogen) atoms. The molecule has 0 rings (SSSR count). The fourth-order valence-electron chi connectivity index (χ4n) is 1.04. The Morgan fingerprint density at radius 2 is 2.27 bits per heavy atom. The summed E-state index contributed by atoms with van der Waals surface area (Å²) >= 11 is 0. The molecule has 0 aromatic carbocycles. The van der Waals surface area contributed by atoms with Crippen molar-refractivity contribution in [2.45, 2.75) is 32.6 Å². The molecule has 0 bridgehead atoms. The van der Waals surface area contributed by atoms with Crippen LogP contribution in [0.1, 0.15) is 32.6 Å². The predicted molar refractivity (Wildman–Crippen MR) is 44.3 cm³/mol. The lowest BCUT2D eigenvalue weighted by atomic mass is 9.99. The number of unbranched alkanes of at least 4 members (excludes halogenated alkanes) is 1. The Labute approximate surface area is 67.6 Å². The van der Waals surface area contributed by atoms with Gasteiger partial charge in [0.15, 0.2) is 0 Å². The number of carboxylic acid groups (broad SMARTS) is 1. The van der Waals surface area contributed by atoms with Gasteiger partial charge in [-0.25, -0.2) is 0 Å². The van der Waals surface area contributed by atoms with Crippen LogP contribution in [0.25, 0.3) is 0 Å². The molecule has 0 heterocycles. The van der Waals surface area contributed by atoms with Gasteiger partial charge >= 0.3 is 5.97 Å². The molecular weight excluding hydrogens is 142 g/mol. The highest BCUT2D eigenvalue weighted by molar-refractivity contribution is 5.67. The summed E-state index contributed by atoms with van der Waals surface area (Å²) in [4.78, 5) is 10.3. The molecule has 0 aliphatic carbocycles. The average Bonchev–Trinajstić information content (AvgIpc) is 1.97. The second kappa shape index (κ2) is 6.16. The van der Waals surface area contributed by atoms with Crippen molar-refractivity contribution < 1.29 is 9.90 Å². The molecule has 0 spiro atoms. The zero-order valence-corrected chi connectivity index (χ0v) is 7.05. The molecule has 0 saturated carbocycles. The van der Waals surface area contributed by atoms with Gasteiger partial charge in [0.05, 0.1) is 0 Å². The van der Waals surface area contributed by atoms with Crippen molar-refractivity contribution in [2.24, 2.45) is 11.7 Å². The van der Waals surface area contributed by atoms with Crippen LogP contribution < -0.4 is 5.73 Å². The lowest BCUT2D eigenvalue weighted by Gasteiger charge is -2.10. The molecule has 0 aliphatic rings. The Morgan fingerprint density at radius 1 is 1.64 bits per heavy atom. The Morgan fingerprint density at radius 3 is 2.64 bits per heavy atom. The van der Waals surface area contributed by atoms with Gasteiger partial charge in [0.2, 0.25) is 0 Å². The van der Waals surface area contributed by atoms with E-state index in [-0.39, 0.29) is 12.3 Å². The number of hydrogen-bond acceptors (Lipinski definition) is 2. The second-order valence-electron chi connectivity index (χ2n) is 2.84. The quantitative estimate of drug-likeness (QED) is 0.612. The maximum Gasteiger partial charge on any atom is 0.303 e. The minimum atomic E-state index is -0.739. The summed E-state index contributed by atoms with van der Waals surface area (Å²) in [5.41, 5.74) is 5.40. The van der Waals surface area contributed by atoms with Gasteiger partial charge in [0, 0.05) is 6.42 Å². The highest BCUT2D eigenvalue weighted by Crippen LogP contribution is 2.10. The van der Waals surface area contributed by atoms with E-state index in [2.05, 4.69) is 6.92 Å². The van der Waals surface area contributed by atoms with E-state index < -0.39 is 5.97 Å². The first kappa shape index (κ1) is 10.4. The summed E-state index contributed by atoms with van der Waals surface area (Å²) in [6.07, 6.45) is 3.35. The molecule has 0 saturated heterocycles. The third kappa shape index (κ3) is 5.85. The van der Waals surface area contributed by atoms with Crippen LogP contribution in [0.4, 0.5) is 0 Å². The van der Waals surface area contributed by atoms with Crippen molar-refractivity contribution in [2.75, 3.05) is 6.54 Å². The first-order valence-electron chi connectivity index (χ1n) is 4.12. The van der Waals surface area contributed by atoms with E-state index >= 15 is 0 Å². The normalized spacial score (nSPS) is 12.9. The van der Waals surface area contributed by atoms with Crippen LogP contribution in [0.3, 0.4) is 0 Å². The fraction of sp³-hybridized carbons (Fsp3) is 0.875. The molecule has 0 fully saturated rings. The monoisotopic (exact) mass is 159 g/mol. The molecule has 3 N–H and O–H groups in total. The van der Waals surface area contributed by atoms with Crippen LogP contribution in [0, 0.1) is 5.92 Å². The Kier molecular flexibility index (Phi) is 5.84. The minimum absolute atomic E-state index is 0.174.